The lowest BCUT2D eigenvalue weighted by atomic mass is 10.0. The van der Waals surface area contributed by atoms with Crippen LogP contribution in [0.3, 0.4) is 0 Å². The quantitative estimate of drug-likeness (QED) is 0.443. The number of aryl methyl sites for hydroxylation is 1. The van der Waals surface area contributed by atoms with Crippen LogP contribution in [-0.4, -0.2) is 48.9 Å². The molecule has 4 aromatic rings. The van der Waals surface area contributed by atoms with E-state index in [-0.39, 0.29) is 5.56 Å². The summed E-state index contributed by atoms with van der Waals surface area (Å²) in [7, 11) is 5.65. The van der Waals surface area contributed by atoms with Crippen LogP contribution in [-0.2, 0) is 6.42 Å². The first-order chi connectivity index (χ1) is 17.0. The van der Waals surface area contributed by atoms with Crippen molar-refractivity contribution >= 4 is 17.0 Å². The monoisotopic (exact) mass is 471 g/mol. The van der Waals surface area contributed by atoms with E-state index in [0.717, 1.165) is 76.8 Å². The molecule has 0 spiro atoms. The molecular formula is C28H33N5O2. The van der Waals surface area contributed by atoms with Gasteiger partial charge in [0.1, 0.15) is 17.1 Å². The van der Waals surface area contributed by atoms with Gasteiger partial charge in [-0.15, -0.1) is 0 Å². The van der Waals surface area contributed by atoms with E-state index < -0.39 is 0 Å². The maximum atomic E-state index is 13.8. The topological polar surface area (TPSA) is 65.9 Å². The summed E-state index contributed by atoms with van der Waals surface area (Å²) >= 11 is 0. The number of nitrogens with zero attached hydrogens (tertiary/aromatic N) is 4. The number of H-pyrrole nitrogens is 1. The number of hydrogen-bond acceptors (Lipinski definition) is 5. The molecule has 7 heteroatoms. The molecule has 3 heterocycles. The third-order valence-electron chi connectivity index (χ3n) is 6.89. The number of piperidine rings is 1. The number of benzene rings is 2. The lowest BCUT2D eigenvalue weighted by Gasteiger charge is -2.28. The van der Waals surface area contributed by atoms with Crippen molar-refractivity contribution in [1.82, 2.24) is 14.6 Å². The van der Waals surface area contributed by atoms with Crippen LogP contribution < -0.4 is 20.1 Å². The second kappa shape index (κ2) is 9.49. The average molecular weight is 472 g/mol. The maximum absolute atomic E-state index is 13.8. The van der Waals surface area contributed by atoms with Gasteiger partial charge in [-0.25, -0.2) is 0 Å². The van der Waals surface area contributed by atoms with Crippen LogP contribution in [0.5, 0.6) is 5.75 Å². The minimum atomic E-state index is -0.0705. The molecule has 35 heavy (non-hydrogen) atoms. The van der Waals surface area contributed by atoms with Crippen molar-refractivity contribution in [1.29, 1.82) is 0 Å². The molecule has 0 bridgehead atoms. The van der Waals surface area contributed by atoms with E-state index in [1.807, 2.05) is 56.3 Å². The fourth-order valence-electron chi connectivity index (χ4n) is 5.03. The molecule has 1 aliphatic heterocycles. The number of methoxy groups -OCH3 is 1. The first-order valence-electron chi connectivity index (χ1n) is 12.3. The van der Waals surface area contributed by atoms with Gasteiger partial charge in [0.15, 0.2) is 5.65 Å². The van der Waals surface area contributed by atoms with Gasteiger partial charge >= 0.3 is 0 Å². The molecular weight excluding hydrogens is 438 g/mol. The van der Waals surface area contributed by atoms with Crippen LogP contribution in [0.2, 0.25) is 0 Å². The number of aromatic amines is 1. The summed E-state index contributed by atoms with van der Waals surface area (Å²) in [5, 5.41) is 4.88. The molecule has 7 nitrogen and oxygen atoms in total. The highest BCUT2D eigenvalue weighted by molar-refractivity contribution is 5.86. The molecule has 2 aromatic heterocycles. The van der Waals surface area contributed by atoms with Crippen LogP contribution in [0.15, 0.2) is 53.3 Å². The van der Waals surface area contributed by atoms with Gasteiger partial charge in [-0.3, -0.25) is 4.79 Å². The summed E-state index contributed by atoms with van der Waals surface area (Å²) in [5.41, 5.74) is 7.25. The summed E-state index contributed by atoms with van der Waals surface area (Å²) in [5.74, 6) is 0.811. The van der Waals surface area contributed by atoms with E-state index in [1.165, 1.54) is 6.42 Å². The van der Waals surface area contributed by atoms with Gasteiger partial charge in [0, 0.05) is 50.4 Å². The number of fused-ring (bicyclic) bond motifs is 1. The number of anilines is 2. The lowest BCUT2D eigenvalue weighted by Crippen LogP contribution is -2.30. The Morgan fingerprint density at radius 3 is 2.49 bits per heavy atom. The minimum Gasteiger partial charge on any atom is -0.495 e. The van der Waals surface area contributed by atoms with Gasteiger partial charge in [-0.2, -0.15) is 9.61 Å². The molecule has 0 amide bonds. The minimum absolute atomic E-state index is 0.0705. The second-order valence-electron chi connectivity index (χ2n) is 9.48. The van der Waals surface area contributed by atoms with Crippen LogP contribution in [0.1, 0.15) is 36.1 Å². The van der Waals surface area contributed by atoms with E-state index in [0.29, 0.717) is 6.42 Å². The summed E-state index contributed by atoms with van der Waals surface area (Å²) in [4.78, 5) is 21.8. The van der Waals surface area contributed by atoms with Crippen molar-refractivity contribution in [2.75, 3.05) is 44.1 Å². The zero-order chi connectivity index (χ0) is 24.5. The zero-order valence-electron chi connectivity index (χ0n) is 21.0. The van der Waals surface area contributed by atoms with E-state index in [9.17, 15) is 4.79 Å². The fraction of sp³-hybridized carbons (Fsp3) is 0.357. The maximum Gasteiger partial charge on any atom is 0.278 e. The second-order valence-corrected chi connectivity index (χ2v) is 9.48. The van der Waals surface area contributed by atoms with Crippen LogP contribution >= 0.6 is 0 Å². The van der Waals surface area contributed by atoms with Crippen molar-refractivity contribution in [2.24, 2.45) is 0 Å². The Kier molecular flexibility index (Phi) is 6.24. The largest absolute Gasteiger partial charge is 0.495 e. The van der Waals surface area contributed by atoms with Gasteiger partial charge in [-0.05, 0) is 43.9 Å². The summed E-state index contributed by atoms with van der Waals surface area (Å²) in [6, 6.07) is 16.2. The van der Waals surface area contributed by atoms with Crippen molar-refractivity contribution in [2.45, 2.75) is 32.6 Å². The fourth-order valence-corrected chi connectivity index (χ4v) is 5.03. The summed E-state index contributed by atoms with van der Waals surface area (Å²) in [6.45, 7) is 3.94. The number of aromatic nitrogens is 3. The van der Waals surface area contributed by atoms with E-state index in [2.05, 4.69) is 28.1 Å². The summed E-state index contributed by atoms with van der Waals surface area (Å²) in [6.07, 6.45) is 4.06. The number of nitrogens with one attached hydrogen (secondary N) is 1. The third kappa shape index (κ3) is 4.27. The standard InChI is InChI=1S/C28H33N5O2/c1-19-22(17-20-13-14-24(35-4)23(18-20)31(2)3)28(34)33-27(29-19)26(32-15-9-6-10-16-32)25(30-33)21-11-7-5-8-12-21/h5,7-8,11-14,18,29H,6,9-10,15-17H2,1-4H3. The lowest BCUT2D eigenvalue weighted by molar-refractivity contribution is 0.415. The first kappa shape index (κ1) is 23.0. The van der Waals surface area contributed by atoms with Crippen molar-refractivity contribution in [3.8, 4) is 17.0 Å². The van der Waals surface area contributed by atoms with Crippen LogP contribution in [0, 0.1) is 6.92 Å². The predicted molar refractivity (Wildman–Crippen MR) is 142 cm³/mol. The van der Waals surface area contributed by atoms with Gasteiger partial charge in [-0.1, -0.05) is 36.4 Å². The highest BCUT2D eigenvalue weighted by atomic mass is 16.5. The molecule has 1 N–H and O–H groups in total. The molecule has 0 saturated carbocycles. The molecule has 1 aliphatic rings. The number of ether oxygens (including phenoxy) is 1. The van der Waals surface area contributed by atoms with Gasteiger partial charge < -0.3 is 19.5 Å². The molecule has 0 radical (unpaired) electrons. The molecule has 1 saturated heterocycles. The van der Waals surface area contributed by atoms with Gasteiger partial charge in [0.2, 0.25) is 0 Å². The Labute approximate surface area is 206 Å². The van der Waals surface area contributed by atoms with Crippen molar-refractivity contribution in [3.05, 3.63) is 75.7 Å². The van der Waals surface area contributed by atoms with E-state index >= 15 is 0 Å². The normalized spacial score (nSPS) is 13.9. The number of rotatable bonds is 6. The van der Waals surface area contributed by atoms with Gasteiger partial charge in [0.25, 0.3) is 5.56 Å². The van der Waals surface area contributed by atoms with Crippen molar-refractivity contribution in [3.63, 3.8) is 0 Å². The Hall–Kier alpha value is -3.74. The Balaban J connectivity index is 1.64. The smallest absolute Gasteiger partial charge is 0.278 e. The molecule has 0 atom stereocenters. The molecule has 5 rings (SSSR count). The Morgan fingerprint density at radius 2 is 1.80 bits per heavy atom. The van der Waals surface area contributed by atoms with Crippen molar-refractivity contribution < 1.29 is 4.74 Å². The first-order valence-corrected chi connectivity index (χ1v) is 12.3. The predicted octanol–water partition coefficient (Wildman–Crippen LogP) is 4.65. The van der Waals surface area contributed by atoms with E-state index in [4.69, 9.17) is 9.84 Å². The summed E-state index contributed by atoms with van der Waals surface area (Å²) < 4.78 is 7.08. The third-order valence-corrected chi connectivity index (χ3v) is 6.89. The number of hydrogen-bond donors (Lipinski definition) is 1. The average Bonchev–Trinajstić information content (AvgIpc) is 3.27. The Bertz CT molecular complexity index is 1400. The molecule has 2 aromatic carbocycles. The highest BCUT2D eigenvalue weighted by Crippen LogP contribution is 2.35. The SMILES string of the molecule is COc1ccc(Cc2c(C)[nH]c3c(N4CCCCC4)c(-c4ccccc4)nn3c2=O)cc1N(C)C. The highest BCUT2D eigenvalue weighted by Gasteiger charge is 2.25. The molecule has 1 fully saturated rings. The van der Waals surface area contributed by atoms with Crippen LogP contribution in [0.4, 0.5) is 11.4 Å². The molecule has 0 unspecified atom stereocenters. The van der Waals surface area contributed by atoms with Crippen LogP contribution in [0.25, 0.3) is 16.9 Å². The zero-order valence-corrected chi connectivity index (χ0v) is 21.0. The molecule has 0 aliphatic carbocycles. The van der Waals surface area contributed by atoms with E-state index in [1.54, 1.807) is 11.6 Å². The van der Waals surface area contributed by atoms with Gasteiger partial charge in [0.05, 0.1) is 12.8 Å². The molecule has 182 valence electrons. The Morgan fingerprint density at radius 1 is 1.06 bits per heavy atom.